The summed E-state index contributed by atoms with van der Waals surface area (Å²) >= 11 is 4.88. The third kappa shape index (κ3) is 2.04. The largest absolute Gasteiger partial charge is 0.0582 e. The van der Waals surface area contributed by atoms with E-state index in [2.05, 4.69) is 0 Å². The van der Waals surface area contributed by atoms with E-state index in [0.29, 0.717) is 0 Å². The maximum Gasteiger partial charge on any atom is 0.0269 e. The van der Waals surface area contributed by atoms with E-state index >= 15 is 0 Å². The van der Waals surface area contributed by atoms with Crippen LogP contribution in [0.4, 0.5) is 0 Å². The summed E-state index contributed by atoms with van der Waals surface area (Å²) < 4.78 is 0. The molecule has 0 N–H and O–H groups in total. The van der Waals surface area contributed by atoms with Crippen LogP contribution in [-0.4, -0.2) is 0 Å². The molecule has 0 aliphatic heterocycles. The first-order valence-electron chi connectivity index (χ1n) is 2.85. The van der Waals surface area contributed by atoms with E-state index in [1.807, 2.05) is 31.2 Å². The number of rotatable bonds is 1. The second-order valence-corrected chi connectivity index (χ2v) is 5.43. The van der Waals surface area contributed by atoms with Gasteiger partial charge in [-0.2, -0.15) is 0 Å². The van der Waals surface area contributed by atoms with Crippen molar-refractivity contribution in [2.75, 3.05) is 0 Å². The molecule has 0 amide bonds. The molecule has 1 atom stereocenters. The average molecular weight is 191 g/mol. The van der Waals surface area contributed by atoms with Gasteiger partial charge in [-0.3, -0.25) is 0 Å². The lowest BCUT2D eigenvalue weighted by molar-refractivity contribution is 1.38. The summed E-state index contributed by atoms with van der Waals surface area (Å²) in [4.78, 5) is 1.03. The summed E-state index contributed by atoms with van der Waals surface area (Å²) in [5, 5.41) is 0. The van der Waals surface area contributed by atoms with Gasteiger partial charge in [0.25, 0.3) is 0 Å². The summed E-state index contributed by atoms with van der Waals surface area (Å²) in [5.41, 5.74) is 1.24. The minimum Gasteiger partial charge on any atom is -0.0582 e. The highest BCUT2D eigenvalue weighted by molar-refractivity contribution is 8.42. The molecule has 0 heterocycles. The number of halogens is 1. The van der Waals surface area contributed by atoms with Crippen molar-refractivity contribution >= 4 is 30.5 Å². The Morgan fingerprint density at radius 2 is 1.80 bits per heavy atom. The zero-order chi connectivity index (χ0) is 7.56. The number of aryl methyl sites for hydroxylation is 1. The predicted octanol–water partition coefficient (Wildman–Crippen LogP) is 2.59. The summed E-state index contributed by atoms with van der Waals surface area (Å²) in [5.74, 6) is 0. The maximum absolute atomic E-state index is 5.70. The van der Waals surface area contributed by atoms with E-state index in [1.165, 1.54) is 5.56 Å². The van der Waals surface area contributed by atoms with Gasteiger partial charge in [0.15, 0.2) is 0 Å². The normalized spacial score (nSPS) is 13.0. The van der Waals surface area contributed by atoms with Crippen molar-refractivity contribution in [3.8, 4) is 0 Å². The van der Waals surface area contributed by atoms with Crippen molar-refractivity contribution in [2.45, 2.75) is 11.8 Å². The molecule has 0 saturated heterocycles. The SMILES string of the molecule is Cc1ccc(S(=S)Cl)cc1. The molecule has 1 aromatic carbocycles. The van der Waals surface area contributed by atoms with Gasteiger partial charge in [0.1, 0.15) is 0 Å². The molecule has 0 nitrogen and oxygen atoms in total. The molecule has 54 valence electrons. The van der Waals surface area contributed by atoms with Crippen molar-refractivity contribution in [3.63, 3.8) is 0 Å². The van der Waals surface area contributed by atoms with Crippen molar-refractivity contribution in [1.29, 1.82) is 0 Å². The molecule has 1 rings (SSSR count). The van der Waals surface area contributed by atoms with E-state index in [-0.39, 0.29) is 0 Å². The maximum atomic E-state index is 5.70. The Labute approximate surface area is 72.3 Å². The van der Waals surface area contributed by atoms with Crippen LogP contribution in [0.1, 0.15) is 5.56 Å². The molecule has 0 radical (unpaired) electrons. The fourth-order valence-corrected chi connectivity index (χ4v) is 1.64. The van der Waals surface area contributed by atoms with E-state index in [4.69, 9.17) is 21.9 Å². The van der Waals surface area contributed by atoms with Crippen LogP contribution >= 0.6 is 10.7 Å². The number of hydrogen-bond donors (Lipinski definition) is 0. The molecule has 0 saturated carbocycles. The van der Waals surface area contributed by atoms with Gasteiger partial charge in [0.2, 0.25) is 0 Å². The Hall–Kier alpha value is 0.0800. The van der Waals surface area contributed by atoms with Crippen molar-refractivity contribution in [2.24, 2.45) is 0 Å². The highest BCUT2D eigenvalue weighted by atomic mass is 35.7. The highest BCUT2D eigenvalue weighted by Crippen LogP contribution is 2.10. The molecule has 3 heteroatoms. The first-order valence-corrected chi connectivity index (χ1v) is 5.82. The first-order chi connectivity index (χ1) is 4.70. The van der Waals surface area contributed by atoms with Gasteiger partial charge in [0, 0.05) is 13.6 Å². The summed E-state index contributed by atoms with van der Waals surface area (Å²) in [6.45, 7) is 2.04. The summed E-state index contributed by atoms with van der Waals surface area (Å²) in [6.07, 6.45) is 0. The third-order valence-corrected chi connectivity index (χ3v) is 2.96. The van der Waals surface area contributed by atoms with Gasteiger partial charge in [-0.05, 0) is 40.9 Å². The fourth-order valence-electron chi connectivity index (χ4n) is 0.645. The average Bonchev–Trinajstić information content (AvgIpc) is 1.88. The molecule has 10 heavy (non-hydrogen) atoms. The monoisotopic (exact) mass is 190 g/mol. The van der Waals surface area contributed by atoms with Gasteiger partial charge >= 0.3 is 0 Å². The lowest BCUT2D eigenvalue weighted by Crippen LogP contribution is -1.78. The Morgan fingerprint density at radius 1 is 1.30 bits per heavy atom. The van der Waals surface area contributed by atoms with Gasteiger partial charge in [0.05, 0.1) is 0 Å². The van der Waals surface area contributed by atoms with Gasteiger partial charge in [-0.1, -0.05) is 17.7 Å². The molecule has 0 aliphatic rings. The Bertz CT molecular complexity index is 240. The fraction of sp³-hybridized carbons (Fsp3) is 0.143. The zero-order valence-electron chi connectivity index (χ0n) is 5.50. The standard InChI is InChI=1S/C7H7ClS2/c1-6-2-4-7(5-3-6)10(8)9/h2-5H,1H3. The van der Waals surface area contributed by atoms with Crippen LogP contribution in [0.2, 0.25) is 0 Å². The van der Waals surface area contributed by atoms with Crippen molar-refractivity contribution < 1.29 is 0 Å². The summed E-state index contributed by atoms with van der Waals surface area (Å²) in [7, 11) is 5.17. The highest BCUT2D eigenvalue weighted by Gasteiger charge is 1.92. The Balaban J connectivity index is 3.00. The molecule has 0 aliphatic carbocycles. The molecule has 0 bridgehead atoms. The third-order valence-electron chi connectivity index (χ3n) is 1.21. The second-order valence-electron chi connectivity index (χ2n) is 2.04. The van der Waals surface area contributed by atoms with Crippen LogP contribution in [0.25, 0.3) is 0 Å². The summed E-state index contributed by atoms with van der Waals surface area (Å²) in [6, 6.07) is 7.98. The van der Waals surface area contributed by atoms with Crippen LogP contribution in [0, 0.1) is 6.92 Å². The number of hydrogen-bond acceptors (Lipinski definition) is 1. The predicted molar refractivity (Wildman–Crippen MR) is 50.0 cm³/mol. The molecule has 0 fully saturated rings. The molecule has 1 unspecified atom stereocenters. The van der Waals surface area contributed by atoms with Gasteiger partial charge < -0.3 is 0 Å². The Morgan fingerprint density at radius 3 is 2.20 bits per heavy atom. The van der Waals surface area contributed by atoms with Crippen LogP contribution < -0.4 is 0 Å². The molecule has 1 aromatic rings. The smallest absolute Gasteiger partial charge is 0.0269 e. The van der Waals surface area contributed by atoms with Crippen LogP contribution in [0.15, 0.2) is 29.2 Å². The van der Waals surface area contributed by atoms with Crippen LogP contribution in [0.5, 0.6) is 0 Å². The quantitative estimate of drug-likeness (QED) is 0.614. The topological polar surface area (TPSA) is 0 Å². The molecular weight excluding hydrogens is 184 g/mol. The van der Waals surface area contributed by atoms with E-state index < -0.39 is 8.67 Å². The molecule has 0 aromatic heterocycles. The minimum atomic E-state index is -0.532. The van der Waals surface area contributed by atoms with Crippen LogP contribution in [-0.2, 0) is 19.9 Å². The van der Waals surface area contributed by atoms with Gasteiger partial charge in [-0.25, -0.2) is 0 Å². The minimum absolute atomic E-state index is 0.532. The lowest BCUT2D eigenvalue weighted by atomic mass is 10.2. The molecular formula is C7H7ClS2. The zero-order valence-corrected chi connectivity index (χ0v) is 7.89. The lowest BCUT2D eigenvalue weighted by Gasteiger charge is -1.95. The number of benzene rings is 1. The van der Waals surface area contributed by atoms with Gasteiger partial charge in [-0.15, -0.1) is 0 Å². The van der Waals surface area contributed by atoms with Crippen molar-refractivity contribution in [3.05, 3.63) is 29.8 Å². The van der Waals surface area contributed by atoms with E-state index in [9.17, 15) is 0 Å². The van der Waals surface area contributed by atoms with Crippen molar-refractivity contribution in [1.82, 2.24) is 0 Å². The first kappa shape index (κ1) is 8.18. The van der Waals surface area contributed by atoms with Crippen LogP contribution in [0.3, 0.4) is 0 Å². The van der Waals surface area contributed by atoms with E-state index in [0.717, 1.165) is 4.90 Å². The second kappa shape index (κ2) is 3.46. The molecule has 0 spiro atoms. The van der Waals surface area contributed by atoms with E-state index in [1.54, 1.807) is 0 Å². The Kier molecular flexibility index (Phi) is 2.83.